The zero-order valence-electron chi connectivity index (χ0n) is 10.6. The molecule has 1 aliphatic rings. The van der Waals surface area contributed by atoms with Gasteiger partial charge in [-0.15, -0.1) is 0 Å². The molecule has 16 heavy (non-hydrogen) atoms. The van der Waals surface area contributed by atoms with Crippen molar-refractivity contribution in [3.05, 3.63) is 0 Å². The van der Waals surface area contributed by atoms with E-state index in [-0.39, 0.29) is 0 Å². The Labute approximate surface area is 106 Å². The van der Waals surface area contributed by atoms with Crippen molar-refractivity contribution in [1.29, 1.82) is 0 Å². The molecule has 0 saturated carbocycles. The van der Waals surface area contributed by atoms with E-state index >= 15 is 0 Å². The number of unbranched alkanes of at least 4 members (excludes halogenated alkanes) is 1. The van der Waals surface area contributed by atoms with Gasteiger partial charge in [0, 0.05) is 6.04 Å². The molecule has 0 aromatic heterocycles. The summed E-state index contributed by atoms with van der Waals surface area (Å²) in [4.78, 5) is 3.36. The van der Waals surface area contributed by atoms with Crippen LogP contribution in [0.15, 0.2) is 0 Å². The molecule has 2 nitrogen and oxygen atoms in total. The zero-order valence-corrected chi connectivity index (χ0v) is 11.4. The van der Waals surface area contributed by atoms with Crippen LogP contribution < -0.4 is 5.73 Å². The lowest BCUT2D eigenvalue weighted by Gasteiger charge is -2.29. The molecule has 1 saturated heterocycles. The predicted octanol–water partition coefficient (Wildman–Crippen LogP) is 3.10. The minimum absolute atomic E-state index is 0.669. The average molecular weight is 242 g/mol. The molecule has 1 heterocycles. The molecule has 1 unspecified atom stereocenters. The number of hydrogen-bond donors (Lipinski definition) is 1. The van der Waals surface area contributed by atoms with Crippen molar-refractivity contribution in [1.82, 2.24) is 4.90 Å². The maximum atomic E-state index is 5.51. The van der Waals surface area contributed by atoms with E-state index in [2.05, 4.69) is 11.8 Å². The van der Waals surface area contributed by atoms with Crippen molar-refractivity contribution in [2.24, 2.45) is 5.73 Å². The normalized spacial score (nSPS) is 22.9. The third kappa shape index (κ3) is 5.26. The second-order valence-electron chi connectivity index (χ2n) is 4.87. The van der Waals surface area contributed by atoms with Gasteiger partial charge in [0.25, 0.3) is 0 Å². The number of nitrogens with two attached hydrogens (primary N) is 1. The van der Waals surface area contributed by atoms with Gasteiger partial charge in [0.15, 0.2) is 0 Å². The number of hydrogen-bond acceptors (Lipinski definition) is 2. The Morgan fingerprint density at radius 2 is 2.12 bits per heavy atom. The van der Waals surface area contributed by atoms with E-state index in [4.69, 9.17) is 18.0 Å². The van der Waals surface area contributed by atoms with Crippen LogP contribution in [-0.2, 0) is 0 Å². The first kappa shape index (κ1) is 13.9. The molecule has 0 amide bonds. The van der Waals surface area contributed by atoms with Crippen LogP contribution >= 0.6 is 12.2 Å². The van der Waals surface area contributed by atoms with Crippen molar-refractivity contribution in [3.63, 3.8) is 0 Å². The van der Waals surface area contributed by atoms with Crippen molar-refractivity contribution < 1.29 is 0 Å². The summed E-state index contributed by atoms with van der Waals surface area (Å²) in [5, 5.41) is 0. The van der Waals surface area contributed by atoms with E-state index in [1.165, 1.54) is 51.6 Å². The Bertz CT molecular complexity index is 206. The molecule has 0 radical (unpaired) electrons. The summed E-state index contributed by atoms with van der Waals surface area (Å²) in [7, 11) is 0. The van der Waals surface area contributed by atoms with Gasteiger partial charge in [0.2, 0.25) is 0 Å². The molecule has 0 spiro atoms. The molecule has 0 aromatic rings. The highest BCUT2D eigenvalue weighted by atomic mass is 32.1. The zero-order chi connectivity index (χ0) is 11.8. The molecule has 1 atom stereocenters. The van der Waals surface area contributed by atoms with Gasteiger partial charge in [0.1, 0.15) is 0 Å². The van der Waals surface area contributed by atoms with Crippen LogP contribution in [0.4, 0.5) is 0 Å². The molecule has 1 fully saturated rings. The van der Waals surface area contributed by atoms with Gasteiger partial charge in [-0.25, -0.2) is 0 Å². The topological polar surface area (TPSA) is 29.3 Å². The second-order valence-corrected chi connectivity index (χ2v) is 5.40. The fraction of sp³-hybridized carbons (Fsp3) is 0.923. The third-order valence-corrected chi connectivity index (χ3v) is 3.79. The Balaban J connectivity index is 2.23. The standard InChI is InChI=1S/C13H26N2S/c1-2-12-8-4-3-6-10-15(12)11-7-5-9-13(14)16/h12H,2-11H2,1H3,(H2,14,16). The third-order valence-electron chi connectivity index (χ3n) is 3.59. The fourth-order valence-corrected chi connectivity index (χ4v) is 2.75. The number of rotatable bonds is 6. The van der Waals surface area contributed by atoms with Crippen LogP contribution in [0.5, 0.6) is 0 Å². The molecule has 0 aromatic carbocycles. The summed E-state index contributed by atoms with van der Waals surface area (Å²) < 4.78 is 0. The summed E-state index contributed by atoms with van der Waals surface area (Å²) in [6.07, 6.45) is 10.2. The van der Waals surface area contributed by atoms with E-state index in [1.807, 2.05) is 0 Å². The van der Waals surface area contributed by atoms with Crippen molar-refractivity contribution in [2.75, 3.05) is 13.1 Å². The van der Waals surface area contributed by atoms with Crippen LogP contribution in [0.2, 0.25) is 0 Å². The van der Waals surface area contributed by atoms with Gasteiger partial charge >= 0.3 is 0 Å². The van der Waals surface area contributed by atoms with Crippen molar-refractivity contribution >= 4 is 17.2 Å². The highest BCUT2D eigenvalue weighted by Crippen LogP contribution is 2.19. The second kappa shape index (κ2) is 8.02. The van der Waals surface area contributed by atoms with Gasteiger partial charge < -0.3 is 10.6 Å². The van der Waals surface area contributed by atoms with Crippen LogP contribution in [-0.4, -0.2) is 29.0 Å². The molecule has 94 valence electrons. The number of nitrogens with zero attached hydrogens (tertiary/aromatic N) is 1. The largest absolute Gasteiger partial charge is 0.393 e. The molecule has 0 aliphatic carbocycles. The molecule has 0 bridgehead atoms. The lowest BCUT2D eigenvalue weighted by atomic mass is 10.1. The lowest BCUT2D eigenvalue weighted by molar-refractivity contribution is 0.191. The first-order valence-corrected chi connectivity index (χ1v) is 7.17. The lowest BCUT2D eigenvalue weighted by Crippen LogP contribution is -2.35. The van der Waals surface area contributed by atoms with Gasteiger partial charge in [-0.1, -0.05) is 32.0 Å². The summed E-state index contributed by atoms with van der Waals surface area (Å²) >= 11 is 4.90. The minimum Gasteiger partial charge on any atom is -0.393 e. The molecule has 2 N–H and O–H groups in total. The Morgan fingerprint density at radius 3 is 2.81 bits per heavy atom. The maximum absolute atomic E-state index is 5.51. The van der Waals surface area contributed by atoms with E-state index in [0.29, 0.717) is 4.99 Å². The van der Waals surface area contributed by atoms with Gasteiger partial charge in [-0.05, 0) is 51.6 Å². The van der Waals surface area contributed by atoms with Crippen LogP contribution in [0.1, 0.15) is 58.3 Å². The predicted molar refractivity (Wildman–Crippen MR) is 74.8 cm³/mol. The first-order chi connectivity index (χ1) is 7.74. The van der Waals surface area contributed by atoms with Gasteiger partial charge in [0.05, 0.1) is 4.99 Å². The maximum Gasteiger partial charge on any atom is 0.0727 e. The minimum atomic E-state index is 0.669. The summed E-state index contributed by atoms with van der Waals surface area (Å²) in [6, 6.07) is 0.826. The molecule has 1 rings (SSSR count). The van der Waals surface area contributed by atoms with Gasteiger partial charge in [-0.2, -0.15) is 0 Å². The van der Waals surface area contributed by atoms with E-state index in [0.717, 1.165) is 18.9 Å². The number of thiocarbonyl (C=S) groups is 1. The van der Waals surface area contributed by atoms with E-state index in [9.17, 15) is 0 Å². The highest BCUT2D eigenvalue weighted by Gasteiger charge is 2.18. The SMILES string of the molecule is CCC1CCCCCN1CCCCC(N)=S. The quantitative estimate of drug-likeness (QED) is 0.573. The van der Waals surface area contributed by atoms with Gasteiger partial charge in [-0.3, -0.25) is 0 Å². The molecular formula is C13H26N2S. The van der Waals surface area contributed by atoms with E-state index in [1.54, 1.807) is 0 Å². The fourth-order valence-electron chi connectivity index (χ4n) is 2.61. The number of likely N-dealkylation sites (tertiary alicyclic amines) is 1. The molecular weight excluding hydrogens is 216 g/mol. The Kier molecular flexibility index (Phi) is 6.97. The van der Waals surface area contributed by atoms with Crippen LogP contribution in [0.25, 0.3) is 0 Å². The van der Waals surface area contributed by atoms with Crippen LogP contribution in [0.3, 0.4) is 0 Å². The summed E-state index contributed by atoms with van der Waals surface area (Å²) in [6.45, 7) is 4.85. The van der Waals surface area contributed by atoms with Crippen molar-refractivity contribution in [2.45, 2.75) is 64.3 Å². The average Bonchev–Trinajstić information content (AvgIpc) is 2.48. The molecule has 3 heteroatoms. The van der Waals surface area contributed by atoms with Crippen molar-refractivity contribution in [3.8, 4) is 0 Å². The monoisotopic (exact) mass is 242 g/mol. The summed E-state index contributed by atoms with van der Waals surface area (Å²) in [5.41, 5.74) is 5.51. The van der Waals surface area contributed by atoms with E-state index < -0.39 is 0 Å². The Morgan fingerprint density at radius 1 is 1.31 bits per heavy atom. The highest BCUT2D eigenvalue weighted by molar-refractivity contribution is 7.80. The smallest absolute Gasteiger partial charge is 0.0727 e. The first-order valence-electron chi connectivity index (χ1n) is 6.76. The summed E-state index contributed by atoms with van der Waals surface area (Å²) in [5.74, 6) is 0. The van der Waals surface area contributed by atoms with Crippen LogP contribution in [0, 0.1) is 0 Å². The Hall–Kier alpha value is -0.150. The molecule has 1 aliphatic heterocycles.